The van der Waals surface area contributed by atoms with Crippen molar-refractivity contribution in [3.8, 4) is 0 Å². The summed E-state index contributed by atoms with van der Waals surface area (Å²) in [6, 6.07) is -0.908. The molecule has 1 saturated heterocycles. The van der Waals surface area contributed by atoms with E-state index in [4.69, 9.17) is 20.0 Å². The van der Waals surface area contributed by atoms with Gasteiger partial charge < -0.3 is 15.2 Å². The van der Waals surface area contributed by atoms with Gasteiger partial charge in [0.2, 0.25) is 0 Å². The van der Waals surface area contributed by atoms with Crippen molar-refractivity contribution in [3.63, 3.8) is 0 Å². The largest absolute Gasteiger partial charge is 0.458 e. The first-order valence-corrected chi connectivity index (χ1v) is 8.41. The number of nitrogens with two attached hydrogens (primary N) is 1. The van der Waals surface area contributed by atoms with E-state index >= 15 is 0 Å². The Labute approximate surface area is 152 Å². The van der Waals surface area contributed by atoms with E-state index in [1.54, 1.807) is 41.5 Å². The zero-order valence-corrected chi connectivity index (χ0v) is 16.0. The number of ether oxygens (including phenoxy) is 2. The summed E-state index contributed by atoms with van der Waals surface area (Å²) >= 11 is 0. The Hall–Kier alpha value is -2.29. The molecule has 0 saturated carbocycles. The molecule has 0 radical (unpaired) electrons. The fourth-order valence-corrected chi connectivity index (χ4v) is 2.77. The lowest BCUT2D eigenvalue weighted by Crippen LogP contribution is -2.46. The van der Waals surface area contributed by atoms with Gasteiger partial charge in [0.25, 0.3) is 5.91 Å². The van der Waals surface area contributed by atoms with Gasteiger partial charge in [-0.3, -0.25) is 20.0 Å². The predicted octanol–water partition coefficient (Wildman–Crippen LogP) is 0.980. The molecule has 0 aromatic heterocycles. The molecule has 26 heavy (non-hydrogen) atoms. The van der Waals surface area contributed by atoms with E-state index in [-0.39, 0.29) is 18.7 Å². The minimum absolute atomic E-state index is 0.0234. The van der Waals surface area contributed by atoms with Crippen LogP contribution in [0.1, 0.15) is 48.0 Å². The minimum Gasteiger partial charge on any atom is -0.458 e. The summed E-state index contributed by atoms with van der Waals surface area (Å²) in [5, 5.41) is 0. The standard InChI is InChI=1S/C17H27N3O6/c1-15(2,3)24-13(22)11-8-17(7-10(12(18)21)19-26-17)9-20(11)14(23)25-16(4,5)6/h7,11,19H,8-9H2,1-6H3,(H2,18,21). The minimum atomic E-state index is -1.05. The number of carbonyl (C=O) groups is 3. The lowest BCUT2D eigenvalue weighted by molar-refractivity contribution is -0.160. The maximum Gasteiger partial charge on any atom is 0.411 e. The zero-order chi connectivity index (χ0) is 19.9. The molecule has 2 heterocycles. The Morgan fingerprint density at radius 2 is 1.77 bits per heavy atom. The molecule has 2 atom stereocenters. The van der Waals surface area contributed by atoms with Gasteiger partial charge in [-0.2, -0.15) is 0 Å². The summed E-state index contributed by atoms with van der Waals surface area (Å²) in [6.07, 6.45) is 0.955. The third-order valence-corrected chi connectivity index (χ3v) is 3.70. The predicted molar refractivity (Wildman–Crippen MR) is 91.4 cm³/mol. The van der Waals surface area contributed by atoms with Crippen LogP contribution in [-0.2, 0) is 23.9 Å². The third-order valence-electron chi connectivity index (χ3n) is 3.70. The number of amides is 2. The number of esters is 1. The van der Waals surface area contributed by atoms with Gasteiger partial charge in [-0.15, -0.1) is 0 Å². The monoisotopic (exact) mass is 369 g/mol. The summed E-state index contributed by atoms with van der Waals surface area (Å²) in [6.45, 7) is 10.5. The third kappa shape index (κ3) is 4.66. The molecule has 1 fully saturated rings. The average molecular weight is 369 g/mol. The van der Waals surface area contributed by atoms with Crippen LogP contribution in [0.25, 0.3) is 0 Å². The van der Waals surface area contributed by atoms with Crippen molar-refractivity contribution in [1.82, 2.24) is 10.4 Å². The van der Waals surface area contributed by atoms with E-state index in [2.05, 4.69) is 5.48 Å². The maximum atomic E-state index is 12.6. The van der Waals surface area contributed by atoms with Crippen LogP contribution >= 0.6 is 0 Å². The smallest absolute Gasteiger partial charge is 0.411 e. The molecule has 2 rings (SSSR count). The molecule has 9 nitrogen and oxygen atoms in total. The van der Waals surface area contributed by atoms with E-state index in [0.717, 1.165) is 0 Å². The first-order chi connectivity index (χ1) is 11.7. The molecule has 146 valence electrons. The Morgan fingerprint density at radius 3 is 2.23 bits per heavy atom. The number of hydrogen-bond acceptors (Lipinski definition) is 7. The highest BCUT2D eigenvalue weighted by molar-refractivity contribution is 5.92. The first kappa shape index (κ1) is 20.0. The molecule has 1 spiro atoms. The van der Waals surface area contributed by atoms with Gasteiger partial charge in [0.05, 0.1) is 6.54 Å². The van der Waals surface area contributed by atoms with Crippen molar-refractivity contribution in [1.29, 1.82) is 0 Å². The van der Waals surface area contributed by atoms with Crippen LogP contribution in [0.15, 0.2) is 11.8 Å². The number of carbonyl (C=O) groups excluding carboxylic acids is 3. The normalized spacial score (nSPS) is 25.7. The fraction of sp³-hybridized carbons (Fsp3) is 0.706. The second-order valence-electron chi connectivity index (χ2n) is 8.55. The lowest BCUT2D eigenvalue weighted by atomic mass is 9.99. The van der Waals surface area contributed by atoms with E-state index in [0.29, 0.717) is 0 Å². The summed E-state index contributed by atoms with van der Waals surface area (Å²) in [7, 11) is 0. The Bertz CT molecular complexity index is 608. The van der Waals surface area contributed by atoms with Crippen molar-refractivity contribution in [2.45, 2.75) is 70.8 Å². The number of primary amides is 1. The highest BCUT2D eigenvalue weighted by Crippen LogP contribution is 2.36. The topological polar surface area (TPSA) is 120 Å². The van der Waals surface area contributed by atoms with E-state index in [1.165, 1.54) is 11.0 Å². The van der Waals surface area contributed by atoms with Crippen LogP contribution in [0.4, 0.5) is 4.79 Å². The van der Waals surface area contributed by atoms with Gasteiger partial charge in [0.15, 0.2) is 0 Å². The molecule has 3 N–H and O–H groups in total. The van der Waals surface area contributed by atoms with Gasteiger partial charge in [0, 0.05) is 6.42 Å². The van der Waals surface area contributed by atoms with Crippen molar-refractivity contribution in [2.75, 3.05) is 6.54 Å². The highest BCUT2D eigenvalue weighted by atomic mass is 16.7. The molecule has 0 aliphatic carbocycles. The van der Waals surface area contributed by atoms with Gasteiger partial charge >= 0.3 is 12.1 Å². The highest BCUT2D eigenvalue weighted by Gasteiger charge is 2.53. The SMILES string of the molecule is CC(C)(C)OC(=O)C1CC2(C=C(C(N)=O)NO2)CN1C(=O)OC(C)(C)C. The number of nitrogens with zero attached hydrogens (tertiary/aromatic N) is 1. The van der Waals surface area contributed by atoms with Crippen LogP contribution in [0.2, 0.25) is 0 Å². The quantitative estimate of drug-likeness (QED) is 0.696. The number of rotatable bonds is 2. The number of hydroxylamine groups is 1. The van der Waals surface area contributed by atoms with Crippen LogP contribution in [-0.4, -0.2) is 52.3 Å². The van der Waals surface area contributed by atoms with Gasteiger partial charge in [-0.05, 0) is 47.6 Å². The molecule has 2 aliphatic heterocycles. The number of likely N-dealkylation sites (tertiary alicyclic amines) is 1. The zero-order valence-electron chi connectivity index (χ0n) is 16.0. The molecule has 2 unspecified atom stereocenters. The van der Waals surface area contributed by atoms with Crippen LogP contribution in [0.3, 0.4) is 0 Å². The molecule has 9 heteroatoms. The van der Waals surface area contributed by atoms with Crippen molar-refractivity contribution in [3.05, 3.63) is 11.8 Å². The Kier molecular flexibility index (Phi) is 4.97. The second kappa shape index (κ2) is 6.46. The van der Waals surface area contributed by atoms with Gasteiger partial charge in [0.1, 0.15) is 28.5 Å². The molecule has 0 aromatic rings. The summed E-state index contributed by atoms with van der Waals surface area (Å²) in [4.78, 5) is 43.4. The van der Waals surface area contributed by atoms with Crippen molar-refractivity contribution in [2.24, 2.45) is 5.73 Å². The van der Waals surface area contributed by atoms with Crippen LogP contribution < -0.4 is 11.2 Å². The maximum absolute atomic E-state index is 12.6. The fourth-order valence-electron chi connectivity index (χ4n) is 2.77. The van der Waals surface area contributed by atoms with Crippen LogP contribution in [0, 0.1) is 0 Å². The molecule has 0 aromatic carbocycles. The van der Waals surface area contributed by atoms with Crippen LogP contribution in [0.5, 0.6) is 0 Å². The van der Waals surface area contributed by atoms with Crippen molar-refractivity contribution >= 4 is 18.0 Å². The van der Waals surface area contributed by atoms with E-state index in [9.17, 15) is 14.4 Å². The molecule has 0 bridgehead atoms. The Morgan fingerprint density at radius 1 is 1.19 bits per heavy atom. The number of nitrogens with one attached hydrogen (secondary N) is 1. The molecular weight excluding hydrogens is 342 g/mol. The molecule has 2 amide bonds. The van der Waals surface area contributed by atoms with Crippen molar-refractivity contribution < 1.29 is 28.7 Å². The first-order valence-electron chi connectivity index (χ1n) is 8.41. The number of hydrogen-bond donors (Lipinski definition) is 2. The second-order valence-corrected chi connectivity index (χ2v) is 8.55. The van der Waals surface area contributed by atoms with E-state index < -0.39 is 40.8 Å². The summed E-state index contributed by atoms with van der Waals surface area (Å²) in [5.74, 6) is -1.25. The molecular formula is C17H27N3O6. The van der Waals surface area contributed by atoms with E-state index in [1.807, 2.05) is 0 Å². The summed E-state index contributed by atoms with van der Waals surface area (Å²) in [5.41, 5.74) is 5.31. The molecule has 2 aliphatic rings. The van der Waals surface area contributed by atoms with Gasteiger partial charge in [-0.1, -0.05) is 0 Å². The van der Waals surface area contributed by atoms with Gasteiger partial charge in [-0.25, -0.2) is 9.59 Å². The lowest BCUT2D eigenvalue weighted by Gasteiger charge is -2.29. The average Bonchev–Trinajstić information content (AvgIpc) is 3.00. The Balaban J connectivity index is 2.28. The summed E-state index contributed by atoms with van der Waals surface area (Å²) < 4.78 is 10.8.